The predicted molar refractivity (Wildman–Crippen MR) is 134 cm³/mol. The molecule has 1 saturated carbocycles. The summed E-state index contributed by atoms with van der Waals surface area (Å²) < 4.78 is 48.6. The largest absolute Gasteiger partial charge is 0.465 e. The van der Waals surface area contributed by atoms with Gasteiger partial charge in [-0.25, -0.2) is 4.79 Å². The summed E-state index contributed by atoms with van der Waals surface area (Å²) in [6, 6.07) is 15.0. The minimum Gasteiger partial charge on any atom is -0.465 e. The molecule has 1 N–H and O–H groups in total. The molecule has 2 atom stereocenters. The number of carbonyl (C=O) groups is 3. The normalized spacial score (nSPS) is 20.0. The molecule has 0 spiro atoms. The van der Waals surface area contributed by atoms with E-state index in [1.807, 2.05) is 0 Å². The highest BCUT2D eigenvalue weighted by atomic mass is 19.3. The van der Waals surface area contributed by atoms with E-state index in [4.69, 9.17) is 0 Å². The van der Waals surface area contributed by atoms with Crippen molar-refractivity contribution in [3.8, 4) is 0 Å². The highest BCUT2D eigenvalue weighted by molar-refractivity contribution is 5.96. The van der Waals surface area contributed by atoms with Crippen molar-refractivity contribution in [3.05, 3.63) is 71.3 Å². The number of likely N-dealkylation sites (tertiary alicyclic amines) is 1. The first-order valence-electron chi connectivity index (χ1n) is 12.8. The molecule has 0 radical (unpaired) electrons. The number of methoxy groups -OCH3 is 1. The number of hydrogen-bond acceptors (Lipinski definition) is 5. The van der Waals surface area contributed by atoms with Crippen molar-refractivity contribution >= 4 is 17.8 Å². The average Bonchev–Trinajstić information content (AvgIpc) is 3.76. The number of nitrogens with one attached hydrogen (secondary N) is 1. The highest BCUT2D eigenvalue weighted by Crippen LogP contribution is 2.56. The van der Waals surface area contributed by atoms with Gasteiger partial charge in [-0.05, 0) is 74.0 Å². The molecule has 2 aromatic carbocycles. The van der Waals surface area contributed by atoms with Crippen LogP contribution in [0.5, 0.6) is 0 Å². The fourth-order valence-corrected chi connectivity index (χ4v) is 4.99. The number of benzene rings is 2. The van der Waals surface area contributed by atoms with E-state index in [-0.39, 0.29) is 29.9 Å². The molecule has 2 unspecified atom stereocenters. The third-order valence-electron chi connectivity index (χ3n) is 7.40. The van der Waals surface area contributed by atoms with Gasteiger partial charge in [0.05, 0.1) is 19.2 Å². The SMILES string of the molecule is COC(=O)c1ccc(C(=O)NCCN2CCC(CN(F)C(=O)C(F)(F)C3CC3c3ccccc3)CC2)cc1. The maximum Gasteiger partial charge on any atom is 0.337 e. The molecular weight excluding hydrogens is 499 g/mol. The molecule has 1 saturated heterocycles. The van der Waals surface area contributed by atoms with Crippen LogP contribution in [-0.2, 0) is 9.53 Å². The van der Waals surface area contributed by atoms with E-state index >= 15 is 0 Å². The summed E-state index contributed by atoms with van der Waals surface area (Å²) in [7, 11) is 1.29. The first-order valence-corrected chi connectivity index (χ1v) is 12.8. The number of amides is 2. The second kappa shape index (κ2) is 12.0. The average molecular weight is 532 g/mol. The molecule has 1 aliphatic carbocycles. The van der Waals surface area contributed by atoms with E-state index < -0.39 is 29.6 Å². The number of esters is 1. The third kappa shape index (κ3) is 6.53. The number of rotatable bonds is 10. The molecule has 1 aliphatic heterocycles. The number of carbonyl (C=O) groups excluding carboxylic acids is 3. The summed E-state index contributed by atoms with van der Waals surface area (Å²) in [5, 5.41) is 2.54. The number of halogens is 3. The van der Waals surface area contributed by atoms with E-state index in [2.05, 4.69) is 15.0 Å². The number of piperidine rings is 1. The van der Waals surface area contributed by atoms with Gasteiger partial charge in [0.25, 0.3) is 5.91 Å². The Morgan fingerprint density at radius 3 is 2.29 bits per heavy atom. The van der Waals surface area contributed by atoms with Crippen molar-refractivity contribution < 1.29 is 32.4 Å². The number of ether oxygens (including phenoxy) is 1. The minimum atomic E-state index is -3.73. The molecule has 7 nitrogen and oxygen atoms in total. The highest BCUT2D eigenvalue weighted by Gasteiger charge is 2.61. The second-order valence-corrected chi connectivity index (χ2v) is 9.94. The van der Waals surface area contributed by atoms with E-state index in [0.717, 1.165) is 5.56 Å². The Hall–Kier alpha value is -3.40. The Morgan fingerprint density at radius 2 is 1.66 bits per heavy atom. The molecule has 2 fully saturated rings. The Bertz CT molecular complexity index is 1120. The van der Waals surface area contributed by atoms with Crippen LogP contribution in [0.3, 0.4) is 0 Å². The van der Waals surface area contributed by atoms with E-state index in [1.54, 1.807) is 42.5 Å². The Balaban J connectivity index is 1.16. The Kier molecular flexibility index (Phi) is 8.71. The van der Waals surface area contributed by atoms with Crippen LogP contribution in [0.4, 0.5) is 13.3 Å². The van der Waals surface area contributed by atoms with Gasteiger partial charge in [0.15, 0.2) is 0 Å². The predicted octanol–water partition coefficient (Wildman–Crippen LogP) is 4.07. The van der Waals surface area contributed by atoms with Crippen LogP contribution in [0.25, 0.3) is 0 Å². The zero-order chi connectivity index (χ0) is 27.3. The van der Waals surface area contributed by atoms with Crippen molar-refractivity contribution in [3.63, 3.8) is 0 Å². The summed E-state index contributed by atoms with van der Waals surface area (Å²) in [6.07, 6.45) is 1.31. The van der Waals surface area contributed by atoms with Gasteiger partial charge in [-0.1, -0.05) is 34.8 Å². The molecule has 38 heavy (non-hydrogen) atoms. The fourth-order valence-electron chi connectivity index (χ4n) is 4.99. The number of alkyl halides is 2. The van der Waals surface area contributed by atoms with Crippen molar-refractivity contribution in [2.24, 2.45) is 11.8 Å². The lowest BCUT2D eigenvalue weighted by molar-refractivity contribution is -0.178. The smallest absolute Gasteiger partial charge is 0.337 e. The van der Waals surface area contributed by atoms with E-state index in [1.165, 1.54) is 19.2 Å². The van der Waals surface area contributed by atoms with E-state index in [9.17, 15) is 27.6 Å². The summed E-state index contributed by atoms with van der Waals surface area (Å²) >= 11 is 0. The summed E-state index contributed by atoms with van der Waals surface area (Å²) in [4.78, 5) is 38.2. The molecule has 2 aromatic rings. The van der Waals surface area contributed by atoms with Crippen molar-refractivity contribution in [2.45, 2.75) is 31.1 Å². The molecule has 4 rings (SSSR count). The van der Waals surface area contributed by atoms with Crippen LogP contribution in [0, 0.1) is 11.8 Å². The zero-order valence-corrected chi connectivity index (χ0v) is 21.2. The number of nitrogens with zero attached hydrogens (tertiary/aromatic N) is 2. The van der Waals surface area contributed by atoms with Gasteiger partial charge in [0, 0.05) is 24.6 Å². The van der Waals surface area contributed by atoms with Crippen molar-refractivity contribution in [1.29, 1.82) is 0 Å². The van der Waals surface area contributed by atoms with Gasteiger partial charge < -0.3 is 15.0 Å². The molecule has 2 amide bonds. The third-order valence-corrected chi connectivity index (χ3v) is 7.40. The maximum absolute atomic E-state index is 14.7. The Morgan fingerprint density at radius 1 is 1.03 bits per heavy atom. The maximum atomic E-state index is 14.7. The van der Waals surface area contributed by atoms with Crippen LogP contribution < -0.4 is 5.32 Å². The first-order chi connectivity index (χ1) is 18.2. The first kappa shape index (κ1) is 27.6. The Labute approximate surface area is 219 Å². The quantitative estimate of drug-likeness (QED) is 0.370. The molecule has 0 aromatic heterocycles. The van der Waals surface area contributed by atoms with Gasteiger partial charge in [0.2, 0.25) is 0 Å². The van der Waals surface area contributed by atoms with Gasteiger partial charge in [-0.15, -0.1) is 0 Å². The summed E-state index contributed by atoms with van der Waals surface area (Å²) in [5.41, 5.74) is 1.52. The van der Waals surface area contributed by atoms with Gasteiger partial charge in [-0.3, -0.25) is 9.59 Å². The van der Waals surface area contributed by atoms with Gasteiger partial charge >= 0.3 is 17.8 Å². The van der Waals surface area contributed by atoms with Crippen LogP contribution in [0.1, 0.15) is 51.5 Å². The van der Waals surface area contributed by atoms with Crippen LogP contribution in [0.15, 0.2) is 54.6 Å². The molecule has 204 valence electrons. The number of hydrogen-bond donors (Lipinski definition) is 1. The summed E-state index contributed by atoms with van der Waals surface area (Å²) in [6.45, 7) is 1.87. The topological polar surface area (TPSA) is 79.0 Å². The molecule has 10 heteroatoms. The molecule has 0 bridgehead atoms. The monoisotopic (exact) mass is 531 g/mol. The van der Waals surface area contributed by atoms with E-state index in [0.29, 0.717) is 50.1 Å². The lowest BCUT2D eigenvalue weighted by atomic mass is 9.96. The van der Waals surface area contributed by atoms with Gasteiger partial charge in [-0.2, -0.15) is 13.9 Å². The standard InChI is InChI=1S/C28H32F3N3O4/c1-38-26(36)22-9-7-21(8-10-22)25(35)32-13-16-33-14-11-19(12-15-33)18-34(31)27(37)28(29,30)24-17-23(24)20-5-3-2-4-6-20/h2-10,19,23-24H,11-18H2,1H3,(H,32,35). The van der Waals surface area contributed by atoms with Crippen LogP contribution >= 0.6 is 0 Å². The van der Waals surface area contributed by atoms with Crippen molar-refractivity contribution in [1.82, 2.24) is 15.3 Å². The lowest BCUT2D eigenvalue weighted by Gasteiger charge is -2.33. The zero-order valence-electron chi connectivity index (χ0n) is 21.2. The molecule has 1 heterocycles. The van der Waals surface area contributed by atoms with Gasteiger partial charge in [0.1, 0.15) is 0 Å². The second-order valence-electron chi connectivity index (χ2n) is 9.94. The van der Waals surface area contributed by atoms with Crippen molar-refractivity contribution in [2.75, 3.05) is 39.8 Å². The van der Waals surface area contributed by atoms with Crippen LogP contribution in [-0.4, -0.2) is 73.6 Å². The summed E-state index contributed by atoms with van der Waals surface area (Å²) in [5.74, 6) is -8.02. The minimum absolute atomic E-state index is 0.171. The van der Waals surface area contributed by atoms with Crippen LogP contribution in [0.2, 0.25) is 0 Å². The molecular formula is C28H32F3N3O4. The fraction of sp³-hybridized carbons (Fsp3) is 0.464. The molecule has 2 aliphatic rings. The lowest BCUT2D eigenvalue weighted by Crippen LogP contribution is -2.45.